The minimum absolute atomic E-state index is 0.154. The molecule has 0 spiro atoms. The average molecular weight is 391 g/mol. The van der Waals surface area contributed by atoms with Crippen LogP contribution in [-0.2, 0) is 11.0 Å². The molecule has 0 unspecified atom stereocenters. The van der Waals surface area contributed by atoms with Gasteiger partial charge in [-0.1, -0.05) is 24.3 Å². The zero-order valence-corrected chi connectivity index (χ0v) is 14.6. The zero-order valence-electron chi connectivity index (χ0n) is 13.8. The van der Waals surface area contributed by atoms with Crippen LogP contribution in [0.4, 0.5) is 23.2 Å². The van der Waals surface area contributed by atoms with Crippen molar-refractivity contribution in [3.63, 3.8) is 0 Å². The van der Waals surface area contributed by atoms with Crippen molar-refractivity contribution in [3.05, 3.63) is 75.7 Å². The number of carbonyl (C=O) groups is 1. The summed E-state index contributed by atoms with van der Waals surface area (Å²) >= 11 is 1.41. The summed E-state index contributed by atoms with van der Waals surface area (Å²) in [7, 11) is 0. The van der Waals surface area contributed by atoms with E-state index in [1.54, 1.807) is 12.1 Å². The maximum Gasteiger partial charge on any atom is 0.416 e. The number of fused-ring (bicyclic) bond motifs is 1. The summed E-state index contributed by atoms with van der Waals surface area (Å²) in [5.74, 6) is -0.930. The van der Waals surface area contributed by atoms with E-state index in [1.165, 1.54) is 35.6 Å². The van der Waals surface area contributed by atoms with Crippen LogP contribution in [0.15, 0.2) is 53.9 Å². The van der Waals surface area contributed by atoms with Crippen LogP contribution in [0, 0.1) is 5.82 Å². The molecule has 0 radical (unpaired) electrons. The molecule has 0 saturated carbocycles. The van der Waals surface area contributed by atoms with E-state index in [2.05, 4.69) is 5.32 Å². The van der Waals surface area contributed by atoms with Gasteiger partial charge in [0.05, 0.1) is 11.3 Å². The van der Waals surface area contributed by atoms with Crippen LogP contribution < -0.4 is 5.32 Å². The maximum atomic E-state index is 13.6. The summed E-state index contributed by atoms with van der Waals surface area (Å²) in [6, 6.07) is 11.0. The van der Waals surface area contributed by atoms with E-state index in [9.17, 15) is 22.4 Å². The van der Waals surface area contributed by atoms with Crippen molar-refractivity contribution in [3.8, 4) is 11.1 Å². The van der Waals surface area contributed by atoms with Crippen molar-refractivity contribution in [2.24, 2.45) is 0 Å². The largest absolute Gasteiger partial charge is 0.416 e. The molecule has 1 amide bonds. The maximum absolute atomic E-state index is 13.6. The molecule has 7 heteroatoms. The molecule has 4 rings (SSSR count). The van der Waals surface area contributed by atoms with Gasteiger partial charge >= 0.3 is 6.18 Å². The molecule has 0 aliphatic carbocycles. The number of hydrogen-bond acceptors (Lipinski definition) is 2. The number of thiophene rings is 1. The second-order valence-electron chi connectivity index (χ2n) is 6.32. The first-order valence-corrected chi connectivity index (χ1v) is 9.05. The van der Waals surface area contributed by atoms with Crippen LogP contribution >= 0.6 is 11.3 Å². The van der Waals surface area contributed by atoms with Gasteiger partial charge in [0.2, 0.25) is 5.91 Å². The van der Waals surface area contributed by atoms with Gasteiger partial charge in [-0.3, -0.25) is 4.79 Å². The SMILES string of the molecule is O=C1C[C@@H](c2ccc(C(F)(F)F)cc2)c2scc(-c3cccc(F)c3)c2N1. The number of halogens is 4. The second kappa shape index (κ2) is 6.49. The Bertz CT molecular complexity index is 1010. The quantitative estimate of drug-likeness (QED) is 0.530. The summed E-state index contributed by atoms with van der Waals surface area (Å²) in [5, 5.41) is 4.67. The second-order valence-corrected chi connectivity index (χ2v) is 7.23. The number of anilines is 1. The fourth-order valence-corrected chi connectivity index (χ4v) is 4.43. The Morgan fingerprint density at radius 3 is 2.48 bits per heavy atom. The van der Waals surface area contributed by atoms with Crippen LogP contribution in [0.5, 0.6) is 0 Å². The number of carbonyl (C=O) groups excluding carboxylic acids is 1. The number of amides is 1. The molecule has 1 aromatic heterocycles. The van der Waals surface area contributed by atoms with Gasteiger partial charge in [-0.25, -0.2) is 4.39 Å². The Kier molecular flexibility index (Phi) is 4.26. The highest BCUT2D eigenvalue weighted by Gasteiger charge is 2.33. The third-order valence-electron chi connectivity index (χ3n) is 4.57. The number of benzene rings is 2. The Morgan fingerprint density at radius 2 is 1.81 bits per heavy atom. The van der Waals surface area contributed by atoms with Crippen molar-refractivity contribution in [2.75, 3.05) is 5.32 Å². The van der Waals surface area contributed by atoms with Gasteiger partial charge in [0.15, 0.2) is 0 Å². The van der Waals surface area contributed by atoms with Crippen LogP contribution in [0.25, 0.3) is 11.1 Å². The smallest absolute Gasteiger partial charge is 0.325 e. The fourth-order valence-electron chi connectivity index (χ4n) is 3.27. The Hall–Kier alpha value is -2.67. The molecule has 0 fully saturated rings. The predicted molar refractivity (Wildman–Crippen MR) is 96.2 cm³/mol. The molecule has 3 aromatic rings. The van der Waals surface area contributed by atoms with Gasteiger partial charge in [0.25, 0.3) is 0 Å². The highest BCUT2D eigenvalue weighted by Crippen LogP contribution is 2.46. The zero-order chi connectivity index (χ0) is 19.2. The van der Waals surface area contributed by atoms with Gasteiger partial charge in [0.1, 0.15) is 5.82 Å². The van der Waals surface area contributed by atoms with Gasteiger partial charge < -0.3 is 5.32 Å². The monoisotopic (exact) mass is 391 g/mol. The lowest BCUT2D eigenvalue weighted by Crippen LogP contribution is -2.22. The minimum Gasteiger partial charge on any atom is -0.325 e. The van der Waals surface area contributed by atoms with Crippen LogP contribution in [0.3, 0.4) is 0 Å². The molecule has 27 heavy (non-hydrogen) atoms. The first-order chi connectivity index (χ1) is 12.8. The Labute approximate surface area is 156 Å². The first kappa shape index (κ1) is 17.7. The molecule has 138 valence electrons. The van der Waals surface area contributed by atoms with E-state index in [-0.39, 0.29) is 24.1 Å². The molecule has 1 atom stereocenters. The van der Waals surface area contributed by atoms with E-state index in [4.69, 9.17) is 0 Å². The Morgan fingerprint density at radius 1 is 1.07 bits per heavy atom. The highest BCUT2D eigenvalue weighted by molar-refractivity contribution is 7.11. The molecule has 2 heterocycles. The highest BCUT2D eigenvalue weighted by atomic mass is 32.1. The summed E-state index contributed by atoms with van der Waals surface area (Å²) in [6.45, 7) is 0. The number of alkyl halides is 3. The van der Waals surface area contributed by atoms with E-state index in [0.717, 1.165) is 17.0 Å². The molecule has 1 aliphatic rings. The summed E-state index contributed by atoms with van der Waals surface area (Å²) in [6.07, 6.45) is -4.25. The van der Waals surface area contributed by atoms with Gasteiger partial charge in [-0.15, -0.1) is 11.3 Å². The van der Waals surface area contributed by atoms with Gasteiger partial charge in [0, 0.05) is 28.2 Å². The fraction of sp³-hybridized carbons (Fsp3) is 0.150. The minimum atomic E-state index is -4.40. The molecular weight excluding hydrogens is 378 g/mol. The third-order valence-corrected chi connectivity index (χ3v) is 5.66. The van der Waals surface area contributed by atoms with Crippen molar-refractivity contribution < 1.29 is 22.4 Å². The van der Waals surface area contributed by atoms with Crippen molar-refractivity contribution >= 4 is 22.9 Å². The molecule has 2 nitrogen and oxygen atoms in total. The van der Waals surface area contributed by atoms with Crippen molar-refractivity contribution in [1.82, 2.24) is 0 Å². The van der Waals surface area contributed by atoms with Crippen molar-refractivity contribution in [1.29, 1.82) is 0 Å². The van der Waals surface area contributed by atoms with Crippen LogP contribution in [0.1, 0.15) is 28.3 Å². The van der Waals surface area contributed by atoms with Crippen LogP contribution in [0.2, 0.25) is 0 Å². The molecule has 1 aliphatic heterocycles. The molecule has 0 bridgehead atoms. The Balaban J connectivity index is 1.75. The average Bonchev–Trinajstić information content (AvgIpc) is 3.04. The molecule has 0 saturated heterocycles. The number of rotatable bonds is 2. The van der Waals surface area contributed by atoms with Crippen LogP contribution in [-0.4, -0.2) is 5.91 Å². The summed E-state index contributed by atoms with van der Waals surface area (Å²) in [5.41, 5.74) is 1.87. The number of hydrogen-bond donors (Lipinski definition) is 1. The molecular formula is C20H13F4NOS. The van der Waals surface area contributed by atoms with E-state index in [1.807, 2.05) is 5.38 Å². The lowest BCUT2D eigenvalue weighted by Gasteiger charge is -2.24. The van der Waals surface area contributed by atoms with E-state index < -0.39 is 11.7 Å². The topological polar surface area (TPSA) is 29.1 Å². The lowest BCUT2D eigenvalue weighted by molar-refractivity contribution is -0.137. The first-order valence-electron chi connectivity index (χ1n) is 8.17. The summed E-state index contributed by atoms with van der Waals surface area (Å²) < 4.78 is 51.9. The van der Waals surface area contributed by atoms with E-state index in [0.29, 0.717) is 22.4 Å². The molecule has 1 N–H and O–H groups in total. The van der Waals surface area contributed by atoms with E-state index >= 15 is 0 Å². The third kappa shape index (κ3) is 3.35. The normalized spacial score (nSPS) is 16.7. The summed E-state index contributed by atoms with van der Waals surface area (Å²) in [4.78, 5) is 13.1. The lowest BCUT2D eigenvalue weighted by atomic mass is 9.88. The molecule has 2 aromatic carbocycles. The predicted octanol–water partition coefficient (Wildman–Crippen LogP) is 6.05. The standard InChI is InChI=1S/C20H13F4NOS/c21-14-3-1-2-12(8-14)16-10-27-19-15(9-17(26)25-18(16)19)11-4-6-13(7-5-11)20(22,23)24/h1-8,10,15H,9H2,(H,25,26)/t15-/m0/s1. The van der Waals surface area contributed by atoms with Gasteiger partial charge in [-0.2, -0.15) is 13.2 Å². The van der Waals surface area contributed by atoms with Gasteiger partial charge in [-0.05, 0) is 35.4 Å². The number of nitrogens with one attached hydrogen (secondary N) is 1. The van der Waals surface area contributed by atoms with Crippen molar-refractivity contribution in [2.45, 2.75) is 18.5 Å².